The maximum atomic E-state index is 13.0. The third kappa shape index (κ3) is 4.62. The van der Waals surface area contributed by atoms with E-state index in [1.807, 2.05) is 19.9 Å². The molecule has 0 spiro atoms. The summed E-state index contributed by atoms with van der Waals surface area (Å²) in [6.45, 7) is 9.23. The molecule has 0 aliphatic carbocycles. The van der Waals surface area contributed by atoms with E-state index in [9.17, 15) is 13.2 Å². The standard InChI is InChI=1S/C22H29N3O3S/c1-4-25(5-2)29(27,28)21-11-7-9-19(17-21)22(26)24-14-12-23(13-15-24)20-10-6-8-18(3)16-20/h6-11,16-17H,4-5,12-15H2,1-3H3. The van der Waals surface area contributed by atoms with Crippen LogP contribution in [0.15, 0.2) is 53.4 Å². The first kappa shape index (κ1) is 21.3. The second-order valence-electron chi connectivity index (χ2n) is 7.24. The molecule has 156 valence electrons. The van der Waals surface area contributed by atoms with Crippen molar-refractivity contribution in [1.82, 2.24) is 9.21 Å². The Kier molecular flexibility index (Phi) is 6.59. The smallest absolute Gasteiger partial charge is 0.254 e. The minimum absolute atomic E-state index is 0.120. The van der Waals surface area contributed by atoms with Gasteiger partial charge < -0.3 is 9.80 Å². The van der Waals surface area contributed by atoms with Gasteiger partial charge >= 0.3 is 0 Å². The summed E-state index contributed by atoms with van der Waals surface area (Å²) in [5.41, 5.74) is 2.80. The summed E-state index contributed by atoms with van der Waals surface area (Å²) >= 11 is 0. The van der Waals surface area contributed by atoms with Crippen molar-refractivity contribution in [2.75, 3.05) is 44.2 Å². The number of hydrogen-bond acceptors (Lipinski definition) is 4. The Labute approximate surface area is 173 Å². The molecular weight excluding hydrogens is 386 g/mol. The number of anilines is 1. The van der Waals surface area contributed by atoms with Crippen molar-refractivity contribution >= 4 is 21.6 Å². The molecule has 0 atom stereocenters. The Morgan fingerprint density at radius 1 is 0.966 bits per heavy atom. The van der Waals surface area contributed by atoms with E-state index in [1.165, 1.54) is 21.6 Å². The van der Waals surface area contributed by atoms with Crippen molar-refractivity contribution in [1.29, 1.82) is 0 Å². The summed E-state index contributed by atoms with van der Waals surface area (Å²) in [5, 5.41) is 0. The summed E-state index contributed by atoms with van der Waals surface area (Å²) in [6.07, 6.45) is 0. The second-order valence-corrected chi connectivity index (χ2v) is 9.17. The number of carbonyl (C=O) groups is 1. The van der Waals surface area contributed by atoms with E-state index in [0.29, 0.717) is 31.7 Å². The largest absolute Gasteiger partial charge is 0.368 e. The Balaban J connectivity index is 1.72. The van der Waals surface area contributed by atoms with Gasteiger partial charge in [-0.1, -0.05) is 32.0 Å². The predicted octanol–water partition coefficient (Wildman–Crippen LogP) is 2.99. The second kappa shape index (κ2) is 8.97. The third-order valence-electron chi connectivity index (χ3n) is 5.36. The van der Waals surface area contributed by atoms with Crippen molar-refractivity contribution in [3.05, 3.63) is 59.7 Å². The number of carbonyl (C=O) groups excluding carboxylic acids is 1. The fourth-order valence-corrected chi connectivity index (χ4v) is 5.18. The van der Waals surface area contributed by atoms with Crippen LogP contribution in [0, 0.1) is 6.92 Å². The van der Waals surface area contributed by atoms with Crippen LogP contribution in [-0.4, -0.2) is 62.8 Å². The lowest BCUT2D eigenvalue weighted by atomic mass is 10.1. The van der Waals surface area contributed by atoms with Crippen LogP contribution >= 0.6 is 0 Å². The molecule has 0 aromatic heterocycles. The molecule has 0 radical (unpaired) electrons. The van der Waals surface area contributed by atoms with Crippen LogP contribution in [0.25, 0.3) is 0 Å². The molecule has 0 N–H and O–H groups in total. The average Bonchev–Trinajstić information content (AvgIpc) is 2.74. The number of amides is 1. The van der Waals surface area contributed by atoms with Gasteiger partial charge in [0.25, 0.3) is 5.91 Å². The number of piperazine rings is 1. The average molecular weight is 416 g/mol. The number of hydrogen-bond donors (Lipinski definition) is 0. The summed E-state index contributed by atoms with van der Waals surface area (Å²) < 4.78 is 26.9. The molecule has 6 nitrogen and oxygen atoms in total. The van der Waals surface area contributed by atoms with Crippen LogP contribution in [0.5, 0.6) is 0 Å². The van der Waals surface area contributed by atoms with E-state index in [2.05, 4.69) is 30.0 Å². The van der Waals surface area contributed by atoms with E-state index >= 15 is 0 Å². The van der Waals surface area contributed by atoms with Crippen molar-refractivity contribution in [3.63, 3.8) is 0 Å². The predicted molar refractivity (Wildman–Crippen MR) is 116 cm³/mol. The molecule has 2 aromatic carbocycles. The molecule has 2 aromatic rings. The Morgan fingerprint density at radius 2 is 1.62 bits per heavy atom. The Hall–Kier alpha value is -2.38. The van der Waals surface area contributed by atoms with Gasteiger partial charge in [0, 0.05) is 50.5 Å². The number of nitrogens with zero attached hydrogens (tertiary/aromatic N) is 3. The van der Waals surface area contributed by atoms with Crippen molar-refractivity contribution in [3.8, 4) is 0 Å². The first-order valence-corrected chi connectivity index (χ1v) is 11.5. The van der Waals surface area contributed by atoms with E-state index in [1.54, 1.807) is 23.1 Å². The minimum Gasteiger partial charge on any atom is -0.368 e. The fraction of sp³-hybridized carbons (Fsp3) is 0.409. The maximum absolute atomic E-state index is 13.0. The summed E-state index contributed by atoms with van der Waals surface area (Å²) in [4.78, 5) is 17.2. The SMILES string of the molecule is CCN(CC)S(=O)(=O)c1cccc(C(=O)N2CCN(c3cccc(C)c3)CC2)c1. The van der Waals surface area contributed by atoms with Crippen LogP contribution in [-0.2, 0) is 10.0 Å². The van der Waals surface area contributed by atoms with Crippen LogP contribution in [0.3, 0.4) is 0 Å². The van der Waals surface area contributed by atoms with Crippen LogP contribution in [0.4, 0.5) is 5.69 Å². The topological polar surface area (TPSA) is 60.9 Å². The first-order valence-electron chi connectivity index (χ1n) is 10.1. The van der Waals surface area contributed by atoms with Gasteiger partial charge in [-0.15, -0.1) is 0 Å². The van der Waals surface area contributed by atoms with Crippen molar-refractivity contribution in [2.45, 2.75) is 25.7 Å². The van der Waals surface area contributed by atoms with E-state index in [0.717, 1.165) is 13.1 Å². The quantitative estimate of drug-likeness (QED) is 0.728. The number of benzene rings is 2. The number of aryl methyl sites for hydroxylation is 1. The fourth-order valence-electron chi connectivity index (χ4n) is 3.68. The van der Waals surface area contributed by atoms with Gasteiger partial charge in [0.05, 0.1) is 4.90 Å². The normalized spacial score (nSPS) is 15.0. The molecule has 0 unspecified atom stereocenters. The Morgan fingerprint density at radius 3 is 2.24 bits per heavy atom. The first-order chi connectivity index (χ1) is 13.9. The molecular formula is C22H29N3O3S. The summed E-state index contributed by atoms with van der Waals surface area (Å²) in [6, 6.07) is 14.8. The zero-order chi connectivity index (χ0) is 21.0. The number of rotatable bonds is 6. The monoisotopic (exact) mass is 415 g/mol. The highest BCUT2D eigenvalue weighted by molar-refractivity contribution is 7.89. The Bertz CT molecular complexity index is 963. The molecule has 7 heteroatoms. The molecule has 0 saturated carbocycles. The third-order valence-corrected chi connectivity index (χ3v) is 7.40. The maximum Gasteiger partial charge on any atom is 0.254 e. The highest BCUT2D eigenvalue weighted by Crippen LogP contribution is 2.21. The van der Waals surface area contributed by atoms with Gasteiger partial charge in [-0.2, -0.15) is 4.31 Å². The zero-order valence-corrected chi connectivity index (χ0v) is 18.2. The summed E-state index contributed by atoms with van der Waals surface area (Å²) in [5.74, 6) is -0.120. The molecule has 1 aliphatic rings. The molecule has 1 aliphatic heterocycles. The van der Waals surface area contributed by atoms with Crippen molar-refractivity contribution in [2.24, 2.45) is 0 Å². The van der Waals surface area contributed by atoms with E-state index < -0.39 is 10.0 Å². The van der Waals surface area contributed by atoms with Gasteiger partial charge in [0.2, 0.25) is 10.0 Å². The molecule has 3 rings (SSSR count). The van der Waals surface area contributed by atoms with Gasteiger partial charge in [-0.05, 0) is 42.8 Å². The van der Waals surface area contributed by atoms with Crippen LogP contribution in [0.2, 0.25) is 0 Å². The molecule has 1 fully saturated rings. The molecule has 1 heterocycles. The van der Waals surface area contributed by atoms with Gasteiger partial charge in [0.1, 0.15) is 0 Å². The van der Waals surface area contributed by atoms with Crippen LogP contribution in [0.1, 0.15) is 29.8 Å². The molecule has 1 saturated heterocycles. The molecule has 0 bridgehead atoms. The lowest BCUT2D eigenvalue weighted by molar-refractivity contribution is 0.0746. The van der Waals surface area contributed by atoms with Crippen molar-refractivity contribution < 1.29 is 13.2 Å². The molecule has 1 amide bonds. The van der Waals surface area contributed by atoms with E-state index in [-0.39, 0.29) is 10.8 Å². The number of sulfonamides is 1. The van der Waals surface area contributed by atoms with Gasteiger partial charge in [-0.25, -0.2) is 8.42 Å². The van der Waals surface area contributed by atoms with Crippen LogP contribution < -0.4 is 4.90 Å². The minimum atomic E-state index is -3.58. The molecule has 29 heavy (non-hydrogen) atoms. The van der Waals surface area contributed by atoms with Gasteiger partial charge in [-0.3, -0.25) is 4.79 Å². The highest BCUT2D eigenvalue weighted by Gasteiger charge is 2.25. The van der Waals surface area contributed by atoms with Gasteiger partial charge in [0.15, 0.2) is 0 Å². The zero-order valence-electron chi connectivity index (χ0n) is 17.3. The lowest BCUT2D eigenvalue weighted by Gasteiger charge is -2.36. The van der Waals surface area contributed by atoms with E-state index in [4.69, 9.17) is 0 Å². The lowest BCUT2D eigenvalue weighted by Crippen LogP contribution is -2.48. The summed E-state index contributed by atoms with van der Waals surface area (Å²) in [7, 11) is -3.58. The highest BCUT2D eigenvalue weighted by atomic mass is 32.2.